The highest BCUT2D eigenvalue weighted by atomic mass is 35.5. The number of pyridine rings is 1. The maximum Gasteiger partial charge on any atom is 0.182 e. The number of rotatable bonds is 7. The largest absolute Gasteiger partial charge is 0.383 e. The van der Waals surface area contributed by atoms with Crippen molar-refractivity contribution in [1.82, 2.24) is 24.9 Å². The van der Waals surface area contributed by atoms with Gasteiger partial charge in [-0.15, -0.1) is 0 Å². The molecule has 0 saturated heterocycles. The summed E-state index contributed by atoms with van der Waals surface area (Å²) >= 11 is 6.35. The molecule has 3 heterocycles. The lowest BCUT2D eigenvalue weighted by Gasteiger charge is -2.20. The van der Waals surface area contributed by atoms with Crippen molar-refractivity contribution in [3.05, 3.63) is 47.5 Å². The van der Waals surface area contributed by atoms with Gasteiger partial charge in [-0.2, -0.15) is 0 Å². The van der Waals surface area contributed by atoms with Gasteiger partial charge in [0.25, 0.3) is 0 Å². The van der Waals surface area contributed by atoms with Crippen molar-refractivity contribution >= 4 is 45.3 Å². The molecule has 0 radical (unpaired) electrons. The van der Waals surface area contributed by atoms with E-state index in [4.69, 9.17) is 21.3 Å². The Bertz CT molecular complexity index is 1110. The quantitative estimate of drug-likeness (QED) is 0.408. The highest BCUT2D eigenvalue weighted by Crippen LogP contribution is 2.31. The number of methoxy groups -OCH3 is 1. The average Bonchev–Trinajstić information content (AvgIpc) is 3.18. The summed E-state index contributed by atoms with van der Waals surface area (Å²) in [6.07, 6.45) is 3.10. The lowest BCUT2D eigenvalue weighted by atomic mass is 10.1. The van der Waals surface area contributed by atoms with Gasteiger partial charge in [0, 0.05) is 24.6 Å². The first-order valence-electron chi connectivity index (χ1n) is 8.90. The molecule has 0 saturated carbocycles. The lowest BCUT2D eigenvalue weighted by molar-refractivity contribution is 0.210. The van der Waals surface area contributed by atoms with Crippen LogP contribution in [0.4, 0.5) is 11.6 Å². The SMILES string of the molecule is COCCNc1nc2c(Cl)cccc2cc1[C@H](C)Nc1ncnc2nc[nH]c12. The second kappa shape index (κ2) is 7.95. The van der Waals surface area contributed by atoms with Crippen LogP contribution in [-0.2, 0) is 4.74 Å². The van der Waals surface area contributed by atoms with Gasteiger partial charge < -0.3 is 20.4 Å². The number of hydrogen-bond acceptors (Lipinski definition) is 7. The number of aromatic amines is 1. The van der Waals surface area contributed by atoms with E-state index in [1.807, 2.05) is 18.2 Å². The molecule has 0 aliphatic rings. The van der Waals surface area contributed by atoms with Crippen molar-refractivity contribution in [2.45, 2.75) is 13.0 Å². The highest BCUT2D eigenvalue weighted by molar-refractivity contribution is 6.35. The van der Waals surface area contributed by atoms with E-state index in [-0.39, 0.29) is 6.04 Å². The molecule has 0 spiro atoms. The van der Waals surface area contributed by atoms with Crippen LogP contribution in [-0.4, -0.2) is 45.2 Å². The zero-order valence-electron chi connectivity index (χ0n) is 15.5. The Morgan fingerprint density at radius 3 is 2.96 bits per heavy atom. The molecule has 9 heteroatoms. The van der Waals surface area contributed by atoms with E-state index < -0.39 is 0 Å². The first-order chi connectivity index (χ1) is 13.7. The Labute approximate surface area is 166 Å². The average molecular weight is 398 g/mol. The van der Waals surface area contributed by atoms with Gasteiger partial charge in [0.05, 0.1) is 29.5 Å². The third-order valence-electron chi connectivity index (χ3n) is 4.47. The minimum Gasteiger partial charge on any atom is -0.383 e. The van der Waals surface area contributed by atoms with E-state index in [0.29, 0.717) is 29.6 Å². The molecular formula is C19H20ClN7O. The Kier molecular flexibility index (Phi) is 5.23. The Balaban J connectivity index is 1.72. The molecule has 0 bridgehead atoms. The summed E-state index contributed by atoms with van der Waals surface area (Å²) in [4.78, 5) is 20.5. The minimum atomic E-state index is -0.0812. The number of aromatic nitrogens is 5. The second-order valence-corrected chi connectivity index (χ2v) is 6.75. The van der Waals surface area contributed by atoms with Crippen LogP contribution in [0, 0.1) is 0 Å². The van der Waals surface area contributed by atoms with Crippen molar-refractivity contribution in [2.24, 2.45) is 0 Å². The van der Waals surface area contributed by atoms with Crippen molar-refractivity contribution in [3.8, 4) is 0 Å². The van der Waals surface area contributed by atoms with Gasteiger partial charge in [0.2, 0.25) is 0 Å². The van der Waals surface area contributed by atoms with E-state index in [1.54, 1.807) is 13.4 Å². The van der Waals surface area contributed by atoms with Crippen LogP contribution < -0.4 is 10.6 Å². The third-order valence-corrected chi connectivity index (χ3v) is 4.77. The van der Waals surface area contributed by atoms with Gasteiger partial charge in [0.1, 0.15) is 17.7 Å². The van der Waals surface area contributed by atoms with E-state index in [2.05, 4.69) is 43.6 Å². The minimum absolute atomic E-state index is 0.0812. The molecule has 4 aromatic rings. The highest BCUT2D eigenvalue weighted by Gasteiger charge is 2.17. The topological polar surface area (TPSA) is 101 Å². The second-order valence-electron chi connectivity index (χ2n) is 6.35. The molecule has 28 heavy (non-hydrogen) atoms. The van der Waals surface area contributed by atoms with Crippen LogP contribution in [0.1, 0.15) is 18.5 Å². The fourth-order valence-electron chi connectivity index (χ4n) is 3.08. The maximum atomic E-state index is 6.35. The van der Waals surface area contributed by atoms with Crippen molar-refractivity contribution in [3.63, 3.8) is 0 Å². The molecular weight excluding hydrogens is 378 g/mol. The summed E-state index contributed by atoms with van der Waals surface area (Å²) in [5.74, 6) is 1.44. The number of nitrogens with zero attached hydrogens (tertiary/aromatic N) is 4. The number of benzene rings is 1. The zero-order chi connectivity index (χ0) is 19.5. The van der Waals surface area contributed by atoms with Gasteiger partial charge in [-0.25, -0.2) is 19.9 Å². The van der Waals surface area contributed by atoms with Crippen LogP contribution in [0.2, 0.25) is 5.02 Å². The standard InChI is InChI=1S/C19H20ClN7O/c1-11(26-19-16-18(23-9-22-16)24-10-25-19)13-8-12-4-3-5-14(20)15(12)27-17(13)21-6-7-28-2/h3-5,8-11H,6-7H2,1-2H3,(H,21,27)(H2,22,23,24,25,26)/t11-/m0/s1. The van der Waals surface area contributed by atoms with Gasteiger partial charge in [-0.1, -0.05) is 23.7 Å². The normalized spacial score (nSPS) is 12.4. The van der Waals surface area contributed by atoms with Crippen molar-refractivity contribution in [1.29, 1.82) is 0 Å². The lowest BCUT2D eigenvalue weighted by Crippen LogP contribution is -2.15. The summed E-state index contributed by atoms with van der Waals surface area (Å²) in [7, 11) is 1.67. The van der Waals surface area contributed by atoms with E-state index >= 15 is 0 Å². The summed E-state index contributed by atoms with van der Waals surface area (Å²) in [5, 5.41) is 8.37. The number of nitrogens with one attached hydrogen (secondary N) is 3. The molecule has 4 rings (SSSR count). The van der Waals surface area contributed by atoms with Gasteiger partial charge in [0.15, 0.2) is 11.5 Å². The van der Waals surface area contributed by atoms with Crippen molar-refractivity contribution < 1.29 is 4.74 Å². The first kappa shape index (κ1) is 18.4. The molecule has 0 fully saturated rings. The Hall–Kier alpha value is -2.97. The van der Waals surface area contributed by atoms with Gasteiger partial charge in [-0.05, 0) is 19.1 Å². The van der Waals surface area contributed by atoms with Crippen LogP contribution in [0.5, 0.6) is 0 Å². The fourth-order valence-corrected chi connectivity index (χ4v) is 3.30. The van der Waals surface area contributed by atoms with Crippen molar-refractivity contribution in [2.75, 3.05) is 30.9 Å². The van der Waals surface area contributed by atoms with E-state index in [0.717, 1.165) is 27.8 Å². The Morgan fingerprint density at radius 2 is 2.11 bits per heavy atom. The number of halogens is 1. The van der Waals surface area contributed by atoms with Crippen LogP contribution in [0.15, 0.2) is 36.9 Å². The Morgan fingerprint density at radius 1 is 1.21 bits per heavy atom. The maximum absolute atomic E-state index is 6.35. The van der Waals surface area contributed by atoms with E-state index in [9.17, 15) is 0 Å². The number of H-pyrrole nitrogens is 1. The van der Waals surface area contributed by atoms with E-state index in [1.165, 1.54) is 6.33 Å². The molecule has 0 aliphatic heterocycles. The first-order valence-corrected chi connectivity index (χ1v) is 9.27. The summed E-state index contributed by atoms with van der Waals surface area (Å²) in [6.45, 7) is 3.26. The summed E-state index contributed by atoms with van der Waals surface area (Å²) in [6, 6.07) is 7.77. The number of anilines is 2. The smallest absolute Gasteiger partial charge is 0.182 e. The third kappa shape index (κ3) is 3.56. The fraction of sp³-hybridized carbons (Fsp3) is 0.263. The van der Waals surface area contributed by atoms with Crippen LogP contribution in [0.3, 0.4) is 0 Å². The van der Waals surface area contributed by atoms with Crippen LogP contribution in [0.25, 0.3) is 22.1 Å². The molecule has 3 aromatic heterocycles. The summed E-state index contributed by atoms with van der Waals surface area (Å²) in [5.41, 5.74) is 3.14. The molecule has 0 amide bonds. The predicted octanol–water partition coefficient (Wildman–Crippen LogP) is 3.79. The van der Waals surface area contributed by atoms with Crippen LogP contribution >= 0.6 is 11.6 Å². The molecule has 1 atom stereocenters. The number of para-hydroxylation sites is 1. The molecule has 0 unspecified atom stereocenters. The summed E-state index contributed by atoms with van der Waals surface area (Å²) < 4.78 is 5.15. The molecule has 3 N–H and O–H groups in total. The number of hydrogen-bond donors (Lipinski definition) is 3. The zero-order valence-corrected chi connectivity index (χ0v) is 16.3. The molecule has 0 aliphatic carbocycles. The van der Waals surface area contributed by atoms with Gasteiger partial charge >= 0.3 is 0 Å². The predicted molar refractivity (Wildman–Crippen MR) is 111 cm³/mol. The number of fused-ring (bicyclic) bond motifs is 2. The number of ether oxygens (including phenoxy) is 1. The monoisotopic (exact) mass is 397 g/mol. The molecule has 8 nitrogen and oxygen atoms in total. The number of imidazole rings is 1. The molecule has 1 aromatic carbocycles. The molecule has 144 valence electrons. The van der Waals surface area contributed by atoms with Gasteiger partial charge in [-0.3, -0.25) is 0 Å².